The van der Waals surface area contributed by atoms with Gasteiger partial charge in [0.2, 0.25) is 0 Å². The Balaban J connectivity index is 2.90. The van der Waals surface area contributed by atoms with Crippen LogP contribution in [0.1, 0.15) is 29.9 Å². The monoisotopic (exact) mass is 319 g/mol. The highest BCUT2D eigenvalue weighted by Crippen LogP contribution is 2.47. The molecule has 2 rings (SSSR count). The van der Waals surface area contributed by atoms with Crippen LogP contribution in [-0.4, -0.2) is 26.0 Å². The van der Waals surface area contributed by atoms with E-state index in [4.69, 9.17) is 9.47 Å². The number of benzene rings is 1. The Morgan fingerprint density at radius 3 is 2.41 bits per heavy atom. The minimum Gasteiger partial charge on any atom is -0.496 e. The molecule has 0 aliphatic carbocycles. The van der Waals surface area contributed by atoms with Gasteiger partial charge in [-0.3, -0.25) is 4.99 Å². The van der Waals surface area contributed by atoms with Crippen LogP contribution < -0.4 is 9.47 Å². The predicted molar refractivity (Wildman–Crippen MR) is 93.5 cm³/mol. The molecule has 0 spiro atoms. The van der Waals surface area contributed by atoms with Gasteiger partial charge in [-0.2, -0.15) is 0 Å². The molecule has 1 aromatic heterocycles. The highest BCUT2D eigenvalue weighted by Gasteiger charge is 2.24. The quantitative estimate of drug-likeness (QED) is 0.843. The van der Waals surface area contributed by atoms with Gasteiger partial charge in [-0.15, -0.1) is 11.3 Å². The summed E-state index contributed by atoms with van der Waals surface area (Å²) in [5.74, 6) is 1.54. The van der Waals surface area contributed by atoms with Crippen molar-refractivity contribution in [3.05, 3.63) is 28.3 Å². The van der Waals surface area contributed by atoms with Crippen molar-refractivity contribution in [2.75, 3.05) is 14.2 Å². The smallest absolute Gasteiger partial charge is 0.144 e. The van der Waals surface area contributed by atoms with E-state index in [1.165, 1.54) is 11.3 Å². The van der Waals surface area contributed by atoms with Gasteiger partial charge in [-0.25, -0.2) is 0 Å². The van der Waals surface area contributed by atoms with Crippen LogP contribution in [-0.2, 0) is 5.60 Å². The van der Waals surface area contributed by atoms with Crippen LogP contribution in [0.5, 0.6) is 11.5 Å². The molecule has 22 heavy (non-hydrogen) atoms. The number of fused-ring (bicyclic) bond motifs is 1. The Morgan fingerprint density at radius 1 is 1.27 bits per heavy atom. The van der Waals surface area contributed by atoms with Crippen LogP contribution in [0.15, 0.2) is 17.3 Å². The third-order valence-corrected chi connectivity index (χ3v) is 4.98. The first kappa shape index (κ1) is 16.5. The first-order valence-corrected chi connectivity index (χ1v) is 7.70. The summed E-state index contributed by atoms with van der Waals surface area (Å²) < 4.78 is 12.2. The van der Waals surface area contributed by atoms with Gasteiger partial charge in [0.05, 0.1) is 24.5 Å². The lowest BCUT2D eigenvalue weighted by atomic mass is 10.0. The second-order valence-corrected chi connectivity index (χ2v) is 6.57. The first-order chi connectivity index (χ1) is 10.3. The van der Waals surface area contributed by atoms with E-state index in [-0.39, 0.29) is 0 Å². The molecular formula is C17H21NO3S. The van der Waals surface area contributed by atoms with Gasteiger partial charge < -0.3 is 14.6 Å². The Kier molecular flexibility index (Phi) is 4.58. The molecule has 0 aliphatic heterocycles. The molecule has 0 fully saturated rings. The molecule has 0 atom stereocenters. The van der Waals surface area contributed by atoms with Gasteiger partial charge in [0.25, 0.3) is 0 Å². The maximum atomic E-state index is 10.3. The van der Waals surface area contributed by atoms with Gasteiger partial charge in [0.1, 0.15) is 11.5 Å². The molecule has 1 aromatic carbocycles. The van der Waals surface area contributed by atoms with E-state index in [1.807, 2.05) is 19.1 Å². The van der Waals surface area contributed by atoms with Crippen molar-refractivity contribution in [2.45, 2.75) is 26.4 Å². The van der Waals surface area contributed by atoms with E-state index in [2.05, 4.69) is 11.7 Å². The molecule has 5 heteroatoms. The zero-order valence-electron chi connectivity index (χ0n) is 13.6. The van der Waals surface area contributed by atoms with Crippen molar-refractivity contribution in [3.63, 3.8) is 0 Å². The lowest BCUT2D eigenvalue weighted by Crippen LogP contribution is -2.12. The topological polar surface area (TPSA) is 51.0 Å². The van der Waals surface area contributed by atoms with E-state index < -0.39 is 5.60 Å². The normalized spacial score (nSPS) is 12.1. The average Bonchev–Trinajstić information content (AvgIpc) is 2.89. The van der Waals surface area contributed by atoms with Crippen LogP contribution in [0.4, 0.5) is 0 Å². The Morgan fingerprint density at radius 2 is 1.91 bits per heavy atom. The predicted octanol–water partition coefficient (Wildman–Crippen LogP) is 4.13. The number of thiophene rings is 1. The second kappa shape index (κ2) is 6.10. The molecule has 4 nitrogen and oxygen atoms in total. The molecule has 0 amide bonds. The van der Waals surface area contributed by atoms with Gasteiger partial charge in [-0.05, 0) is 39.6 Å². The Hall–Kier alpha value is -1.85. The van der Waals surface area contributed by atoms with Crippen LogP contribution >= 0.6 is 11.3 Å². The number of nitrogens with zero attached hydrogens (tertiary/aromatic N) is 1. The van der Waals surface area contributed by atoms with Crippen LogP contribution in [0.2, 0.25) is 0 Å². The van der Waals surface area contributed by atoms with Crippen molar-refractivity contribution < 1.29 is 14.6 Å². The van der Waals surface area contributed by atoms with Crippen LogP contribution in [0.25, 0.3) is 16.2 Å². The van der Waals surface area contributed by atoms with Gasteiger partial charge in [0.15, 0.2) is 0 Å². The van der Waals surface area contributed by atoms with Crippen molar-refractivity contribution in [2.24, 2.45) is 4.99 Å². The zero-order valence-corrected chi connectivity index (χ0v) is 14.4. The molecule has 0 radical (unpaired) electrons. The summed E-state index contributed by atoms with van der Waals surface area (Å²) in [6.07, 6.45) is 3.48. The summed E-state index contributed by atoms with van der Waals surface area (Å²) in [6.45, 7) is 8.98. The zero-order chi connectivity index (χ0) is 16.5. The average molecular weight is 319 g/mol. The Bertz CT molecular complexity index is 739. The van der Waals surface area contributed by atoms with E-state index >= 15 is 0 Å². The summed E-state index contributed by atoms with van der Waals surface area (Å²) in [6, 6.07) is 1.97. The fraction of sp³-hybridized carbons (Fsp3) is 0.353. The van der Waals surface area contributed by atoms with Gasteiger partial charge in [0, 0.05) is 27.6 Å². The SMILES string of the molecule is C=N/C=C\c1c(C)c(OC)c2cc(C(C)(C)O)sc2c1OC. The number of aliphatic imine (C=N–C) groups is 1. The summed E-state index contributed by atoms with van der Waals surface area (Å²) in [4.78, 5) is 4.63. The van der Waals surface area contributed by atoms with Crippen molar-refractivity contribution in [1.82, 2.24) is 0 Å². The van der Waals surface area contributed by atoms with Crippen LogP contribution in [0, 0.1) is 6.92 Å². The van der Waals surface area contributed by atoms with Gasteiger partial charge in [-0.1, -0.05) is 0 Å². The summed E-state index contributed by atoms with van der Waals surface area (Å²) in [5.41, 5.74) is 0.960. The fourth-order valence-corrected chi connectivity index (χ4v) is 3.63. The number of methoxy groups -OCH3 is 2. The van der Waals surface area contributed by atoms with E-state index in [0.29, 0.717) is 0 Å². The number of hydrogen-bond donors (Lipinski definition) is 1. The van der Waals surface area contributed by atoms with Crippen LogP contribution in [0.3, 0.4) is 0 Å². The van der Waals surface area contributed by atoms with Gasteiger partial charge >= 0.3 is 0 Å². The Labute approximate surface area is 134 Å². The maximum Gasteiger partial charge on any atom is 0.144 e. The molecule has 0 aliphatic rings. The first-order valence-electron chi connectivity index (χ1n) is 6.88. The lowest BCUT2D eigenvalue weighted by Gasteiger charge is -2.14. The highest BCUT2D eigenvalue weighted by molar-refractivity contribution is 7.19. The maximum absolute atomic E-state index is 10.3. The largest absolute Gasteiger partial charge is 0.496 e. The molecule has 2 aromatic rings. The summed E-state index contributed by atoms with van der Waals surface area (Å²) >= 11 is 1.51. The van der Waals surface area contributed by atoms with E-state index in [9.17, 15) is 5.11 Å². The number of hydrogen-bond acceptors (Lipinski definition) is 5. The van der Waals surface area contributed by atoms with Crippen molar-refractivity contribution in [3.8, 4) is 11.5 Å². The molecule has 0 saturated carbocycles. The third kappa shape index (κ3) is 2.74. The fourth-order valence-electron chi connectivity index (χ4n) is 2.44. The molecule has 118 valence electrons. The van der Waals surface area contributed by atoms with E-state index in [1.54, 1.807) is 34.3 Å². The molecule has 0 bridgehead atoms. The van der Waals surface area contributed by atoms with Crippen molar-refractivity contribution in [1.29, 1.82) is 0 Å². The molecule has 0 saturated heterocycles. The van der Waals surface area contributed by atoms with E-state index in [0.717, 1.165) is 37.6 Å². The third-order valence-electron chi connectivity index (χ3n) is 3.53. The number of ether oxygens (including phenoxy) is 2. The molecular weight excluding hydrogens is 298 g/mol. The van der Waals surface area contributed by atoms with Crippen molar-refractivity contribution >= 4 is 34.2 Å². The number of aliphatic hydroxyl groups is 1. The molecule has 1 heterocycles. The second-order valence-electron chi connectivity index (χ2n) is 5.52. The molecule has 0 unspecified atom stereocenters. The lowest BCUT2D eigenvalue weighted by molar-refractivity contribution is 0.0826. The highest BCUT2D eigenvalue weighted by atomic mass is 32.1. The summed E-state index contributed by atoms with van der Waals surface area (Å²) in [7, 11) is 3.29. The summed E-state index contributed by atoms with van der Waals surface area (Å²) in [5, 5.41) is 11.2. The number of rotatable bonds is 5. The minimum absolute atomic E-state index is 0.758. The minimum atomic E-state index is -0.910. The molecule has 1 N–H and O–H groups in total. The standard InChI is InChI=1S/C17H21NO3S/c1-10-11(7-8-18-4)15(21-6)16-12(14(10)20-5)9-13(22-16)17(2,3)19/h7-9,19H,4H2,1-3,5-6H3/b8-7-.